The van der Waals surface area contributed by atoms with Gasteiger partial charge in [-0.25, -0.2) is 0 Å². The average molecular weight is 262 g/mol. The van der Waals surface area contributed by atoms with Crippen molar-refractivity contribution in [3.8, 4) is 0 Å². The van der Waals surface area contributed by atoms with Crippen molar-refractivity contribution >= 4 is 11.6 Å². The topological polar surface area (TPSA) is 41.6 Å². The molecule has 1 heterocycles. The molecule has 19 heavy (non-hydrogen) atoms. The van der Waals surface area contributed by atoms with Crippen molar-refractivity contribution in [3.63, 3.8) is 0 Å². The van der Waals surface area contributed by atoms with E-state index in [2.05, 4.69) is 5.32 Å². The molecule has 0 spiro atoms. The summed E-state index contributed by atoms with van der Waals surface area (Å²) in [5.41, 5.74) is 1.66. The van der Waals surface area contributed by atoms with E-state index in [0.717, 1.165) is 37.2 Å². The monoisotopic (exact) mass is 262 g/mol. The number of carbonyl (C=O) groups is 1. The molecule has 1 saturated heterocycles. The summed E-state index contributed by atoms with van der Waals surface area (Å²) in [7, 11) is 1.71. The van der Waals surface area contributed by atoms with Crippen LogP contribution in [0, 0.1) is 0 Å². The summed E-state index contributed by atoms with van der Waals surface area (Å²) in [5, 5.41) is 3.24. The second kappa shape index (κ2) is 6.57. The van der Waals surface area contributed by atoms with Crippen molar-refractivity contribution in [3.05, 3.63) is 29.8 Å². The van der Waals surface area contributed by atoms with Gasteiger partial charge in [0.05, 0.1) is 11.7 Å². The number of rotatable bonds is 4. The molecule has 1 fully saturated rings. The van der Waals surface area contributed by atoms with E-state index >= 15 is 0 Å². The highest BCUT2D eigenvalue weighted by Gasteiger charge is 2.25. The lowest BCUT2D eigenvalue weighted by Gasteiger charge is -2.32. The van der Waals surface area contributed by atoms with Gasteiger partial charge in [-0.15, -0.1) is 0 Å². The van der Waals surface area contributed by atoms with Crippen LogP contribution >= 0.6 is 0 Å². The Morgan fingerprint density at radius 2 is 2.26 bits per heavy atom. The molecular weight excluding hydrogens is 240 g/mol. The summed E-state index contributed by atoms with van der Waals surface area (Å²) in [6.45, 7) is 4.35. The minimum atomic E-state index is 0.0956. The molecule has 4 heteroatoms. The Balaban J connectivity index is 2.14. The number of nitrogens with zero attached hydrogens (tertiary/aromatic N) is 1. The van der Waals surface area contributed by atoms with E-state index in [1.165, 1.54) is 0 Å². The first-order valence-corrected chi connectivity index (χ1v) is 6.91. The lowest BCUT2D eigenvalue weighted by atomic mass is 10.1. The van der Waals surface area contributed by atoms with Gasteiger partial charge < -0.3 is 15.0 Å². The van der Waals surface area contributed by atoms with Crippen LogP contribution in [0.2, 0.25) is 0 Å². The third-order valence-corrected chi connectivity index (χ3v) is 3.52. The van der Waals surface area contributed by atoms with E-state index in [4.69, 9.17) is 4.74 Å². The standard InChI is InChI=1S/C15H22N2O2/c1-3-16-14-9-5-4-8-13(14)15(18)17-10-6-7-12(11-17)19-2/h4-5,8-9,12,16H,3,6-7,10-11H2,1-2H3. The lowest BCUT2D eigenvalue weighted by Crippen LogP contribution is -2.43. The van der Waals surface area contributed by atoms with Gasteiger partial charge in [-0.05, 0) is 31.9 Å². The average Bonchev–Trinajstić information content (AvgIpc) is 2.47. The maximum absolute atomic E-state index is 12.6. The van der Waals surface area contributed by atoms with Crippen LogP contribution in [0.4, 0.5) is 5.69 Å². The third-order valence-electron chi connectivity index (χ3n) is 3.52. The van der Waals surface area contributed by atoms with Crippen LogP contribution < -0.4 is 5.32 Å². The van der Waals surface area contributed by atoms with Crippen LogP contribution in [0.5, 0.6) is 0 Å². The first kappa shape index (κ1) is 13.9. The fourth-order valence-corrected chi connectivity index (χ4v) is 2.50. The number of anilines is 1. The van der Waals surface area contributed by atoms with Crippen LogP contribution in [0.3, 0.4) is 0 Å². The number of methoxy groups -OCH3 is 1. The molecule has 1 aromatic carbocycles. The highest BCUT2D eigenvalue weighted by molar-refractivity contribution is 5.99. The highest BCUT2D eigenvalue weighted by atomic mass is 16.5. The summed E-state index contributed by atoms with van der Waals surface area (Å²) in [6.07, 6.45) is 2.21. The number of ether oxygens (including phenoxy) is 1. The predicted molar refractivity (Wildman–Crippen MR) is 76.5 cm³/mol. The highest BCUT2D eigenvalue weighted by Crippen LogP contribution is 2.20. The zero-order valence-corrected chi connectivity index (χ0v) is 11.7. The molecule has 2 rings (SSSR count). The lowest BCUT2D eigenvalue weighted by molar-refractivity contribution is 0.0269. The Hall–Kier alpha value is -1.55. The third kappa shape index (κ3) is 3.26. The molecular formula is C15H22N2O2. The van der Waals surface area contributed by atoms with Crippen LogP contribution in [-0.4, -0.2) is 43.7 Å². The molecule has 104 valence electrons. The number of nitrogens with one attached hydrogen (secondary N) is 1. The summed E-state index contributed by atoms with van der Waals surface area (Å²) >= 11 is 0. The Morgan fingerprint density at radius 3 is 3.00 bits per heavy atom. The molecule has 1 atom stereocenters. The first-order valence-electron chi connectivity index (χ1n) is 6.91. The molecule has 1 aromatic rings. The number of carbonyl (C=O) groups excluding carboxylic acids is 1. The number of hydrogen-bond acceptors (Lipinski definition) is 3. The number of likely N-dealkylation sites (tertiary alicyclic amines) is 1. The van der Waals surface area contributed by atoms with Crippen LogP contribution in [-0.2, 0) is 4.74 Å². The smallest absolute Gasteiger partial charge is 0.256 e. The van der Waals surface area contributed by atoms with E-state index in [-0.39, 0.29) is 12.0 Å². The van der Waals surface area contributed by atoms with Gasteiger partial charge in [-0.3, -0.25) is 4.79 Å². The van der Waals surface area contributed by atoms with Gasteiger partial charge in [0, 0.05) is 32.4 Å². The van der Waals surface area contributed by atoms with E-state index in [1.54, 1.807) is 7.11 Å². The molecule has 0 saturated carbocycles. The number of hydrogen-bond donors (Lipinski definition) is 1. The molecule has 1 amide bonds. The van der Waals surface area contributed by atoms with E-state index < -0.39 is 0 Å². The van der Waals surface area contributed by atoms with Crippen LogP contribution in [0.15, 0.2) is 24.3 Å². The van der Waals surface area contributed by atoms with Crippen LogP contribution in [0.25, 0.3) is 0 Å². The van der Waals surface area contributed by atoms with Gasteiger partial charge in [0.25, 0.3) is 5.91 Å². The second-order valence-corrected chi connectivity index (χ2v) is 4.83. The Morgan fingerprint density at radius 1 is 1.47 bits per heavy atom. The van der Waals surface area contributed by atoms with Crippen molar-refractivity contribution in [2.24, 2.45) is 0 Å². The first-order chi connectivity index (χ1) is 9.26. The summed E-state index contributed by atoms with van der Waals surface area (Å²) < 4.78 is 5.38. The van der Waals surface area contributed by atoms with Crippen molar-refractivity contribution in [2.75, 3.05) is 32.1 Å². The molecule has 1 aliphatic heterocycles. The molecule has 0 bridgehead atoms. The largest absolute Gasteiger partial charge is 0.385 e. The molecule has 1 unspecified atom stereocenters. The number of para-hydroxylation sites is 1. The minimum absolute atomic E-state index is 0.0956. The Kier molecular flexibility index (Phi) is 4.80. The van der Waals surface area contributed by atoms with Crippen molar-refractivity contribution in [1.82, 2.24) is 4.90 Å². The number of benzene rings is 1. The molecule has 4 nitrogen and oxygen atoms in total. The molecule has 1 N–H and O–H groups in total. The summed E-state index contributed by atoms with van der Waals surface area (Å²) in [6, 6.07) is 7.69. The second-order valence-electron chi connectivity index (χ2n) is 4.83. The SMILES string of the molecule is CCNc1ccccc1C(=O)N1CCCC(OC)C1. The maximum atomic E-state index is 12.6. The Labute approximate surface area is 114 Å². The summed E-state index contributed by atoms with van der Waals surface area (Å²) in [5.74, 6) is 0.0956. The number of piperidine rings is 1. The van der Waals surface area contributed by atoms with Gasteiger partial charge in [-0.2, -0.15) is 0 Å². The van der Waals surface area contributed by atoms with Gasteiger partial charge in [0.15, 0.2) is 0 Å². The van der Waals surface area contributed by atoms with Crippen LogP contribution in [0.1, 0.15) is 30.1 Å². The van der Waals surface area contributed by atoms with Gasteiger partial charge in [0.1, 0.15) is 0 Å². The quantitative estimate of drug-likeness (QED) is 0.905. The predicted octanol–water partition coefficient (Wildman–Crippen LogP) is 2.37. The molecule has 1 aliphatic rings. The molecule has 0 aliphatic carbocycles. The Bertz CT molecular complexity index is 434. The normalized spacial score (nSPS) is 19.3. The van der Waals surface area contributed by atoms with Crippen molar-refractivity contribution < 1.29 is 9.53 Å². The molecule has 0 radical (unpaired) electrons. The van der Waals surface area contributed by atoms with E-state index in [0.29, 0.717) is 6.54 Å². The maximum Gasteiger partial charge on any atom is 0.256 e. The minimum Gasteiger partial charge on any atom is -0.385 e. The van der Waals surface area contributed by atoms with Gasteiger partial charge >= 0.3 is 0 Å². The van der Waals surface area contributed by atoms with Gasteiger partial charge in [0.2, 0.25) is 0 Å². The van der Waals surface area contributed by atoms with Gasteiger partial charge in [-0.1, -0.05) is 12.1 Å². The zero-order chi connectivity index (χ0) is 13.7. The fraction of sp³-hybridized carbons (Fsp3) is 0.533. The zero-order valence-electron chi connectivity index (χ0n) is 11.7. The fourth-order valence-electron chi connectivity index (χ4n) is 2.50. The number of amides is 1. The van der Waals surface area contributed by atoms with E-state index in [9.17, 15) is 4.79 Å². The van der Waals surface area contributed by atoms with Crippen molar-refractivity contribution in [1.29, 1.82) is 0 Å². The summed E-state index contributed by atoms with van der Waals surface area (Å²) in [4.78, 5) is 14.5. The van der Waals surface area contributed by atoms with E-state index in [1.807, 2.05) is 36.1 Å². The molecule has 0 aromatic heterocycles. The van der Waals surface area contributed by atoms with Crippen molar-refractivity contribution in [2.45, 2.75) is 25.9 Å².